The molecule has 5 heteroatoms. The van der Waals surface area contributed by atoms with Gasteiger partial charge < -0.3 is 15.2 Å². The molecule has 5 nitrogen and oxygen atoms in total. The van der Waals surface area contributed by atoms with Gasteiger partial charge >= 0.3 is 5.97 Å². The summed E-state index contributed by atoms with van der Waals surface area (Å²) in [4.78, 5) is 23.3. The van der Waals surface area contributed by atoms with Crippen LogP contribution in [0, 0.1) is 19.8 Å². The molecule has 0 heterocycles. The number of nitrogens with one attached hydrogen (secondary N) is 1. The summed E-state index contributed by atoms with van der Waals surface area (Å²) >= 11 is 0. The lowest BCUT2D eigenvalue weighted by Gasteiger charge is -2.16. The van der Waals surface area contributed by atoms with E-state index in [-0.39, 0.29) is 11.5 Å². The van der Waals surface area contributed by atoms with Crippen LogP contribution in [0.2, 0.25) is 0 Å². The molecule has 0 spiro atoms. The third-order valence-electron chi connectivity index (χ3n) is 3.49. The van der Waals surface area contributed by atoms with E-state index in [1.54, 1.807) is 19.9 Å². The van der Waals surface area contributed by atoms with Gasteiger partial charge in [-0.05, 0) is 50.3 Å². The van der Waals surface area contributed by atoms with E-state index in [9.17, 15) is 9.59 Å². The van der Waals surface area contributed by atoms with Crippen molar-refractivity contribution in [3.05, 3.63) is 28.8 Å². The normalized spacial score (nSPS) is 12.3. The van der Waals surface area contributed by atoms with Gasteiger partial charge in [-0.3, -0.25) is 4.79 Å². The molecular formula is C17H25NO4. The Kier molecular flexibility index (Phi) is 6.56. The Morgan fingerprint density at radius 3 is 2.36 bits per heavy atom. The number of ether oxygens (including phenoxy) is 1. The topological polar surface area (TPSA) is 75.6 Å². The van der Waals surface area contributed by atoms with Crippen molar-refractivity contribution in [2.24, 2.45) is 5.92 Å². The summed E-state index contributed by atoms with van der Waals surface area (Å²) in [7, 11) is 0. The molecule has 0 aliphatic heterocycles. The predicted octanol–water partition coefficient (Wildman–Crippen LogP) is 3.39. The number of anilines is 1. The maximum absolute atomic E-state index is 12.1. The zero-order valence-corrected chi connectivity index (χ0v) is 13.9. The molecule has 0 aliphatic rings. The van der Waals surface area contributed by atoms with E-state index < -0.39 is 12.1 Å². The number of rotatable bonds is 7. The minimum absolute atomic E-state index is 0.189. The molecule has 22 heavy (non-hydrogen) atoms. The first-order valence-electron chi connectivity index (χ1n) is 7.49. The van der Waals surface area contributed by atoms with Crippen LogP contribution in [0.25, 0.3) is 0 Å². The summed E-state index contributed by atoms with van der Waals surface area (Å²) in [5.74, 6) is -0.756. The van der Waals surface area contributed by atoms with Crippen molar-refractivity contribution in [1.29, 1.82) is 0 Å². The van der Waals surface area contributed by atoms with Crippen LogP contribution in [0.5, 0.6) is 0 Å². The molecule has 122 valence electrons. The first-order valence-corrected chi connectivity index (χ1v) is 7.49. The van der Waals surface area contributed by atoms with E-state index in [2.05, 4.69) is 19.2 Å². The van der Waals surface area contributed by atoms with Gasteiger partial charge in [-0.2, -0.15) is 0 Å². The van der Waals surface area contributed by atoms with Gasteiger partial charge in [0.2, 0.25) is 0 Å². The fourth-order valence-electron chi connectivity index (χ4n) is 2.01. The van der Waals surface area contributed by atoms with E-state index in [1.165, 1.54) is 6.07 Å². The number of hydrogen-bond donors (Lipinski definition) is 2. The highest BCUT2D eigenvalue weighted by Gasteiger charge is 2.17. The summed E-state index contributed by atoms with van der Waals surface area (Å²) in [6.07, 6.45) is 0.317. The molecule has 2 N–H and O–H groups in total. The van der Waals surface area contributed by atoms with Gasteiger partial charge in [-0.15, -0.1) is 0 Å². The van der Waals surface area contributed by atoms with Crippen LogP contribution < -0.4 is 5.32 Å². The zero-order chi connectivity index (χ0) is 16.9. The van der Waals surface area contributed by atoms with Crippen molar-refractivity contribution < 1.29 is 19.4 Å². The summed E-state index contributed by atoms with van der Waals surface area (Å²) in [6, 6.07) is 3.25. The van der Waals surface area contributed by atoms with Gasteiger partial charge in [0.25, 0.3) is 5.91 Å². The third-order valence-corrected chi connectivity index (χ3v) is 3.49. The molecule has 0 radical (unpaired) electrons. The Hall–Kier alpha value is -1.88. The van der Waals surface area contributed by atoms with Crippen LogP contribution in [0.1, 0.15) is 48.7 Å². The average molecular weight is 307 g/mol. The second-order valence-corrected chi connectivity index (χ2v) is 5.97. The van der Waals surface area contributed by atoms with E-state index in [0.29, 0.717) is 23.8 Å². The lowest BCUT2D eigenvalue weighted by molar-refractivity contribution is -0.126. The standard InChI is InChI=1S/C17H25NO4/c1-10(2)6-7-22-13(5)16(19)18-15-9-14(17(20)21)11(3)8-12(15)4/h8-10,13H,6-7H2,1-5H3,(H,18,19)(H,20,21). The monoisotopic (exact) mass is 307 g/mol. The molecule has 1 rings (SSSR count). The number of carbonyl (C=O) groups is 2. The van der Waals surface area contributed by atoms with Crippen molar-refractivity contribution in [1.82, 2.24) is 0 Å². The van der Waals surface area contributed by atoms with Gasteiger partial charge in [-0.1, -0.05) is 19.9 Å². The molecule has 0 saturated heterocycles. The summed E-state index contributed by atoms with van der Waals surface area (Å²) in [6.45, 7) is 9.98. The second-order valence-electron chi connectivity index (χ2n) is 5.97. The fourth-order valence-corrected chi connectivity index (χ4v) is 2.01. The molecule has 0 aromatic heterocycles. The Morgan fingerprint density at radius 1 is 1.18 bits per heavy atom. The van der Waals surface area contributed by atoms with Crippen molar-refractivity contribution in [2.75, 3.05) is 11.9 Å². The summed E-state index contributed by atoms with van der Waals surface area (Å²) in [5.41, 5.74) is 2.19. The molecule has 1 aromatic carbocycles. The quantitative estimate of drug-likeness (QED) is 0.809. The second kappa shape index (κ2) is 7.94. The van der Waals surface area contributed by atoms with Crippen LogP contribution in [0.15, 0.2) is 12.1 Å². The summed E-state index contributed by atoms with van der Waals surface area (Å²) in [5, 5.41) is 11.9. The highest BCUT2D eigenvalue weighted by Crippen LogP contribution is 2.21. The molecular weight excluding hydrogens is 282 g/mol. The minimum atomic E-state index is -1.01. The van der Waals surface area contributed by atoms with E-state index in [1.807, 2.05) is 6.92 Å². The van der Waals surface area contributed by atoms with Crippen molar-refractivity contribution in [3.8, 4) is 0 Å². The van der Waals surface area contributed by atoms with Crippen molar-refractivity contribution >= 4 is 17.6 Å². The van der Waals surface area contributed by atoms with Crippen LogP contribution in [0.4, 0.5) is 5.69 Å². The van der Waals surface area contributed by atoms with Gasteiger partial charge in [0.1, 0.15) is 6.10 Å². The SMILES string of the molecule is Cc1cc(C)c(C(=O)O)cc1NC(=O)C(C)OCCC(C)C. The maximum atomic E-state index is 12.1. The molecule has 0 bridgehead atoms. The molecule has 0 saturated carbocycles. The largest absolute Gasteiger partial charge is 0.478 e. The molecule has 1 unspecified atom stereocenters. The molecule has 0 aliphatic carbocycles. The maximum Gasteiger partial charge on any atom is 0.336 e. The zero-order valence-electron chi connectivity index (χ0n) is 13.9. The predicted molar refractivity (Wildman–Crippen MR) is 86.4 cm³/mol. The first kappa shape index (κ1) is 18.2. The molecule has 1 amide bonds. The highest BCUT2D eigenvalue weighted by atomic mass is 16.5. The van der Waals surface area contributed by atoms with Crippen molar-refractivity contribution in [3.63, 3.8) is 0 Å². The number of carboxylic acid groups (broad SMARTS) is 1. The smallest absolute Gasteiger partial charge is 0.336 e. The Bertz CT molecular complexity index is 552. The third kappa shape index (κ3) is 5.15. The van der Waals surface area contributed by atoms with Crippen molar-refractivity contribution in [2.45, 2.75) is 47.1 Å². The highest BCUT2D eigenvalue weighted by molar-refractivity contribution is 5.97. The summed E-state index contributed by atoms with van der Waals surface area (Å²) < 4.78 is 5.50. The molecule has 1 atom stereocenters. The number of aryl methyl sites for hydroxylation is 2. The van der Waals surface area contributed by atoms with Gasteiger partial charge in [0.05, 0.1) is 5.56 Å². The number of aromatic carboxylic acids is 1. The van der Waals surface area contributed by atoms with E-state index in [0.717, 1.165) is 12.0 Å². The number of amides is 1. The Labute approximate surface area is 131 Å². The van der Waals surface area contributed by atoms with Crippen LogP contribution in [0.3, 0.4) is 0 Å². The Balaban J connectivity index is 2.75. The minimum Gasteiger partial charge on any atom is -0.478 e. The number of benzene rings is 1. The number of carboxylic acids is 1. The van der Waals surface area contributed by atoms with Crippen LogP contribution >= 0.6 is 0 Å². The molecule has 0 fully saturated rings. The van der Waals surface area contributed by atoms with E-state index in [4.69, 9.17) is 9.84 Å². The molecule has 1 aromatic rings. The lowest BCUT2D eigenvalue weighted by Crippen LogP contribution is -2.28. The fraction of sp³-hybridized carbons (Fsp3) is 0.529. The van der Waals surface area contributed by atoms with E-state index >= 15 is 0 Å². The van der Waals surface area contributed by atoms with Gasteiger partial charge in [0, 0.05) is 12.3 Å². The first-order chi connectivity index (χ1) is 10.2. The number of carbonyl (C=O) groups excluding carboxylic acids is 1. The Morgan fingerprint density at radius 2 is 1.82 bits per heavy atom. The van der Waals surface area contributed by atoms with Gasteiger partial charge in [-0.25, -0.2) is 4.79 Å². The van der Waals surface area contributed by atoms with Gasteiger partial charge in [0.15, 0.2) is 0 Å². The number of hydrogen-bond acceptors (Lipinski definition) is 3. The van der Waals surface area contributed by atoms with Crippen LogP contribution in [-0.4, -0.2) is 29.7 Å². The lowest BCUT2D eigenvalue weighted by atomic mass is 10.0. The average Bonchev–Trinajstić information content (AvgIpc) is 2.40. The van der Waals surface area contributed by atoms with Crippen LogP contribution in [-0.2, 0) is 9.53 Å².